The number of piperazine rings is 1. The van der Waals surface area contributed by atoms with Crippen molar-refractivity contribution < 1.29 is 47.8 Å². The summed E-state index contributed by atoms with van der Waals surface area (Å²) in [5.41, 5.74) is 5.29. The molecule has 1 N–H and O–H groups in total. The first-order valence-corrected chi connectivity index (χ1v) is 16.4. The molecule has 2 aromatic rings. The van der Waals surface area contributed by atoms with E-state index >= 15 is 0 Å². The van der Waals surface area contributed by atoms with Gasteiger partial charge in [-0.25, -0.2) is 4.79 Å². The van der Waals surface area contributed by atoms with E-state index in [2.05, 4.69) is 25.3 Å². The van der Waals surface area contributed by atoms with Crippen LogP contribution in [0.1, 0.15) is 57.1 Å². The first-order valence-electron chi connectivity index (χ1n) is 16.4. The van der Waals surface area contributed by atoms with E-state index in [-0.39, 0.29) is 26.8 Å². The van der Waals surface area contributed by atoms with Crippen LogP contribution in [0.2, 0.25) is 0 Å². The van der Waals surface area contributed by atoms with Crippen LogP contribution in [0.4, 0.5) is 4.79 Å². The Kier molecular flexibility index (Phi) is 11.6. The number of aliphatic hydroxyl groups is 1. The van der Waals surface area contributed by atoms with E-state index in [1.807, 2.05) is 25.7 Å². The Balaban J connectivity index is 1.93. The molecule has 6 atom stereocenters. The van der Waals surface area contributed by atoms with E-state index in [0.717, 1.165) is 22.3 Å². The number of rotatable bonds is 14. The Morgan fingerprint density at radius 1 is 0.940 bits per heavy atom. The van der Waals surface area contributed by atoms with Crippen LogP contribution < -0.4 is 18.9 Å². The van der Waals surface area contributed by atoms with E-state index in [4.69, 9.17) is 37.9 Å². The van der Waals surface area contributed by atoms with Crippen molar-refractivity contribution >= 4 is 6.09 Å². The summed E-state index contributed by atoms with van der Waals surface area (Å²) < 4.78 is 47.6. The Hall–Kier alpha value is -4.32. The highest BCUT2D eigenvalue weighted by atomic mass is 16.7. The zero-order valence-electron chi connectivity index (χ0n) is 29.8. The van der Waals surface area contributed by atoms with Crippen LogP contribution in [-0.2, 0) is 25.4 Å². The van der Waals surface area contributed by atoms with E-state index in [0.29, 0.717) is 46.1 Å². The van der Waals surface area contributed by atoms with Crippen molar-refractivity contribution in [1.82, 2.24) is 9.80 Å². The predicted molar refractivity (Wildman–Crippen MR) is 183 cm³/mol. The van der Waals surface area contributed by atoms with Gasteiger partial charge in [-0.05, 0) is 49.4 Å². The number of amides is 1. The van der Waals surface area contributed by atoms with Gasteiger partial charge in [0.15, 0.2) is 18.3 Å². The molecule has 0 aromatic heterocycles. The van der Waals surface area contributed by atoms with Gasteiger partial charge in [0.2, 0.25) is 0 Å². The second-order valence-electron chi connectivity index (χ2n) is 12.4. The number of hydrogen-bond acceptors (Lipinski definition) is 12. The number of carbonyl (C=O) groups is 1. The van der Waals surface area contributed by atoms with Crippen molar-refractivity contribution in [2.24, 2.45) is 0 Å². The van der Waals surface area contributed by atoms with Crippen LogP contribution in [0.15, 0.2) is 31.4 Å². The van der Waals surface area contributed by atoms with Gasteiger partial charge in [-0.2, -0.15) is 5.26 Å². The fourth-order valence-corrected chi connectivity index (χ4v) is 8.22. The first kappa shape index (κ1) is 36.9. The fraction of sp³-hybridized carbons (Fsp3) is 0.514. The molecule has 2 aromatic carbocycles. The van der Waals surface area contributed by atoms with Crippen LogP contribution >= 0.6 is 0 Å². The highest BCUT2D eigenvalue weighted by Crippen LogP contribution is 2.61. The Morgan fingerprint density at radius 2 is 1.64 bits per heavy atom. The number of ether oxygens (including phenoxy) is 8. The fourth-order valence-electron chi connectivity index (χ4n) is 8.22. The van der Waals surface area contributed by atoms with Gasteiger partial charge in [0.1, 0.15) is 43.7 Å². The number of aryl methyl sites for hydroxylation is 1. The minimum atomic E-state index is -0.926. The van der Waals surface area contributed by atoms with Crippen LogP contribution in [-0.4, -0.2) is 101 Å². The molecule has 13 nitrogen and oxygen atoms in total. The van der Waals surface area contributed by atoms with E-state index in [1.165, 1.54) is 27.4 Å². The summed E-state index contributed by atoms with van der Waals surface area (Å²) in [6.45, 7) is 12.8. The van der Waals surface area contributed by atoms with Crippen LogP contribution in [0.5, 0.6) is 23.0 Å². The molecule has 3 heterocycles. The SMILES string of the molecule is C=CCOC(=O)N1[C@@H]2c3c(cc(C)c(OC)c3C)C[C@H]1[C@H](C#N)N1[C@H]2[C@H](OCOC)c2c(OCOC)c(C)c(OC)c(OCC=C)c2[C@@H]1CO. The largest absolute Gasteiger partial charge is 0.496 e. The summed E-state index contributed by atoms with van der Waals surface area (Å²) in [7, 11) is 6.17. The predicted octanol–water partition coefficient (Wildman–Crippen LogP) is 4.75. The number of fused-ring (bicyclic) bond motifs is 7. The number of benzene rings is 2. The molecule has 270 valence electrons. The lowest BCUT2D eigenvalue weighted by molar-refractivity contribution is -0.168. The highest BCUT2D eigenvalue weighted by molar-refractivity contribution is 5.73. The van der Waals surface area contributed by atoms with Gasteiger partial charge in [0, 0.05) is 30.9 Å². The summed E-state index contributed by atoms with van der Waals surface area (Å²) in [5, 5.41) is 22.4. The quantitative estimate of drug-likeness (QED) is 0.216. The number of nitriles is 1. The van der Waals surface area contributed by atoms with Crippen molar-refractivity contribution in [1.29, 1.82) is 5.26 Å². The smallest absolute Gasteiger partial charge is 0.411 e. The molecule has 50 heavy (non-hydrogen) atoms. The van der Waals surface area contributed by atoms with Crippen molar-refractivity contribution in [3.05, 3.63) is 70.3 Å². The molecule has 0 unspecified atom stereocenters. The third-order valence-corrected chi connectivity index (χ3v) is 9.81. The summed E-state index contributed by atoms with van der Waals surface area (Å²) in [6.07, 6.45) is 1.96. The van der Waals surface area contributed by atoms with Crippen molar-refractivity contribution in [2.45, 2.75) is 63.5 Å². The molecule has 2 bridgehead atoms. The zero-order valence-corrected chi connectivity index (χ0v) is 29.8. The van der Waals surface area contributed by atoms with Gasteiger partial charge in [-0.15, -0.1) is 0 Å². The molecule has 1 fully saturated rings. The molecule has 5 rings (SSSR count). The summed E-state index contributed by atoms with van der Waals surface area (Å²) in [4.78, 5) is 17.8. The van der Waals surface area contributed by atoms with Crippen molar-refractivity contribution in [3.8, 4) is 29.1 Å². The molecule has 1 amide bonds. The maximum Gasteiger partial charge on any atom is 0.411 e. The average Bonchev–Trinajstić information content (AvgIpc) is 3.10. The molecule has 13 heteroatoms. The minimum Gasteiger partial charge on any atom is -0.496 e. The number of methoxy groups -OCH3 is 4. The number of hydrogen-bond donors (Lipinski definition) is 1. The molecular formula is C37H47N3O10. The summed E-state index contributed by atoms with van der Waals surface area (Å²) in [6, 6.07) is 0.635. The maximum atomic E-state index is 14.2. The molecule has 0 radical (unpaired) electrons. The standard InChI is InChI=1S/C37H47N3O10/c1-10-12-47-36-28-26(17-41)39-25(16-38)24-15-23-14-20(3)32(45-8)21(4)27(23)30(40(24)37(42)48-13-11-2)31(39)35(50-19-44-7)29(28)33(49-18-43-6)22(5)34(36)46-9/h10-11,14,24-26,30-31,35,41H,1-2,12-13,15,17-19H2,3-9H3/t24-,25-,26-,30+,31+,35+/m0/s1. The second kappa shape index (κ2) is 15.7. The van der Waals surface area contributed by atoms with Gasteiger partial charge in [-0.3, -0.25) is 9.80 Å². The first-order chi connectivity index (χ1) is 24.2. The Morgan fingerprint density at radius 3 is 2.24 bits per heavy atom. The van der Waals surface area contributed by atoms with Gasteiger partial charge < -0.3 is 43.0 Å². The normalized spacial score (nSPS) is 23.5. The Bertz CT molecular complexity index is 1660. The Labute approximate surface area is 293 Å². The monoisotopic (exact) mass is 693 g/mol. The number of aliphatic hydroxyl groups excluding tert-OH is 1. The van der Waals surface area contributed by atoms with Gasteiger partial charge in [0.05, 0.1) is 51.1 Å². The van der Waals surface area contributed by atoms with Crippen LogP contribution in [0, 0.1) is 32.1 Å². The topological polar surface area (TPSA) is 141 Å². The average molecular weight is 694 g/mol. The third kappa shape index (κ3) is 5.95. The van der Waals surface area contributed by atoms with Crippen LogP contribution in [0.3, 0.4) is 0 Å². The van der Waals surface area contributed by atoms with E-state index in [1.54, 1.807) is 18.1 Å². The van der Waals surface area contributed by atoms with E-state index in [9.17, 15) is 15.2 Å². The van der Waals surface area contributed by atoms with Crippen molar-refractivity contribution in [2.75, 3.05) is 61.8 Å². The second-order valence-corrected chi connectivity index (χ2v) is 12.4. The minimum absolute atomic E-state index is 0.0207. The van der Waals surface area contributed by atoms with Crippen molar-refractivity contribution in [3.63, 3.8) is 0 Å². The molecular weight excluding hydrogens is 646 g/mol. The maximum absolute atomic E-state index is 14.2. The number of nitrogens with zero attached hydrogens (tertiary/aromatic N) is 3. The summed E-state index contributed by atoms with van der Waals surface area (Å²) in [5.74, 6) is 1.83. The molecule has 3 aliphatic heterocycles. The molecule has 0 aliphatic carbocycles. The van der Waals surface area contributed by atoms with E-state index < -0.39 is 49.0 Å². The van der Waals surface area contributed by atoms with Gasteiger partial charge >= 0.3 is 6.09 Å². The highest BCUT2D eigenvalue weighted by Gasteiger charge is 2.62. The number of carbonyl (C=O) groups excluding carboxylic acids is 1. The molecule has 3 aliphatic rings. The van der Waals surface area contributed by atoms with Gasteiger partial charge in [-0.1, -0.05) is 31.4 Å². The lowest BCUT2D eigenvalue weighted by Gasteiger charge is -2.61. The lowest BCUT2D eigenvalue weighted by atomic mass is 9.69. The lowest BCUT2D eigenvalue weighted by Crippen LogP contribution is -2.71. The molecule has 0 saturated carbocycles. The third-order valence-electron chi connectivity index (χ3n) is 9.81. The summed E-state index contributed by atoms with van der Waals surface area (Å²) >= 11 is 0. The van der Waals surface area contributed by atoms with Crippen LogP contribution in [0.25, 0.3) is 0 Å². The molecule has 1 saturated heterocycles. The van der Waals surface area contributed by atoms with Gasteiger partial charge in [0.25, 0.3) is 0 Å². The molecule has 0 spiro atoms. The zero-order chi connectivity index (χ0) is 36.3.